The van der Waals surface area contributed by atoms with E-state index in [9.17, 15) is 0 Å². The van der Waals surface area contributed by atoms with Crippen molar-refractivity contribution < 1.29 is 0 Å². The minimum atomic E-state index is 0.746. The first-order chi connectivity index (χ1) is 11.2. The molecule has 1 aromatic rings. The number of thiazole rings is 1. The Balaban J connectivity index is 2.23. The fourth-order valence-corrected chi connectivity index (χ4v) is 4.98. The number of fused-ring (bicyclic) bond motifs is 1. The predicted octanol–water partition coefficient (Wildman–Crippen LogP) is 4.25. The van der Waals surface area contributed by atoms with Crippen LogP contribution in [0.25, 0.3) is 0 Å². The van der Waals surface area contributed by atoms with Crippen LogP contribution in [-0.4, -0.2) is 35.1 Å². The summed E-state index contributed by atoms with van der Waals surface area (Å²) >= 11 is 1.97. The molecule has 132 valence electrons. The molecule has 0 fully saturated rings. The number of hydrogen-bond donors (Lipinski definition) is 0. The van der Waals surface area contributed by atoms with Crippen LogP contribution in [0, 0.1) is 0 Å². The van der Waals surface area contributed by atoms with Gasteiger partial charge in [-0.05, 0) is 58.0 Å². The SMILES string of the molecule is CCCN=c1sc2c(n1CCC)CC[C@H](N(CCC)CCC)C2. The van der Waals surface area contributed by atoms with E-state index in [4.69, 9.17) is 4.99 Å². The molecule has 23 heavy (non-hydrogen) atoms. The van der Waals surface area contributed by atoms with Gasteiger partial charge >= 0.3 is 0 Å². The molecule has 0 aromatic carbocycles. The van der Waals surface area contributed by atoms with Gasteiger partial charge in [-0.3, -0.25) is 4.99 Å². The Morgan fingerprint density at radius 2 is 1.83 bits per heavy atom. The summed E-state index contributed by atoms with van der Waals surface area (Å²) in [5.74, 6) is 0. The molecular formula is C19H35N3S. The predicted molar refractivity (Wildman–Crippen MR) is 101 cm³/mol. The van der Waals surface area contributed by atoms with Crippen LogP contribution in [0.1, 0.15) is 70.4 Å². The molecule has 0 unspecified atom stereocenters. The van der Waals surface area contributed by atoms with Crippen LogP contribution in [0.3, 0.4) is 0 Å². The third-order valence-electron chi connectivity index (χ3n) is 4.68. The highest BCUT2D eigenvalue weighted by molar-refractivity contribution is 7.09. The molecule has 1 aliphatic rings. The Labute approximate surface area is 146 Å². The largest absolute Gasteiger partial charge is 0.321 e. The average molecular weight is 338 g/mol. The highest BCUT2D eigenvalue weighted by atomic mass is 32.1. The number of hydrogen-bond acceptors (Lipinski definition) is 3. The van der Waals surface area contributed by atoms with Gasteiger partial charge in [0.05, 0.1) is 0 Å². The summed E-state index contributed by atoms with van der Waals surface area (Å²) in [6, 6.07) is 0.746. The molecule has 0 bridgehead atoms. The summed E-state index contributed by atoms with van der Waals surface area (Å²) in [5, 5.41) is 0. The van der Waals surface area contributed by atoms with Crippen LogP contribution < -0.4 is 4.80 Å². The molecule has 0 radical (unpaired) electrons. The first-order valence-corrected chi connectivity index (χ1v) is 10.5. The van der Waals surface area contributed by atoms with Crippen molar-refractivity contribution >= 4 is 11.3 Å². The van der Waals surface area contributed by atoms with E-state index >= 15 is 0 Å². The molecule has 0 aliphatic heterocycles. The van der Waals surface area contributed by atoms with Gasteiger partial charge in [-0.2, -0.15) is 0 Å². The van der Waals surface area contributed by atoms with Gasteiger partial charge in [0.25, 0.3) is 0 Å². The van der Waals surface area contributed by atoms with E-state index in [2.05, 4.69) is 37.2 Å². The zero-order valence-electron chi connectivity index (χ0n) is 15.6. The Bertz CT molecular complexity index is 523. The fourth-order valence-electron chi connectivity index (χ4n) is 3.69. The lowest BCUT2D eigenvalue weighted by atomic mass is 9.95. The second kappa shape index (κ2) is 9.63. The minimum Gasteiger partial charge on any atom is -0.321 e. The van der Waals surface area contributed by atoms with Gasteiger partial charge in [-0.1, -0.05) is 27.7 Å². The molecule has 1 heterocycles. The minimum absolute atomic E-state index is 0.746. The van der Waals surface area contributed by atoms with Crippen LogP contribution in [-0.2, 0) is 19.4 Å². The van der Waals surface area contributed by atoms with Crippen molar-refractivity contribution in [1.29, 1.82) is 0 Å². The average Bonchev–Trinajstić information content (AvgIpc) is 2.90. The van der Waals surface area contributed by atoms with E-state index in [-0.39, 0.29) is 0 Å². The quantitative estimate of drug-likeness (QED) is 0.660. The van der Waals surface area contributed by atoms with E-state index in [0.29, 0.717) is 0 Å². The van der Waals surface area contributed by atoms with Crippen molar-refractivity contribution in [2.24, 2.45) is 4.99 Å². The molecule has 3 nitrogen and oxygen atoms in total. The van der Waals surface area contributed by atoms with E-state index in [0.717, 1.165) is 25.6 Å². The standard InChI is InChI=1S/C19H35N3S/c1-5-11-20-19-22(14-8-4)17-10-9-16(15-18(17)23-19)21(12-6-2)13-7-3/h16H,5-15H2,1-4H3/t16-/m0/s1. The highest BCUT2D eigenvalue weighted by Gasteiger charge is 2.26. The van der Waals surface area contributed by atoms with Gasteiger partial charge in [0.2, 0.25) is 0 Å². The maximum atomic E-state index is 4.86. The molecule has 1 aromatic heterocycles. The van der Waals surface area contributed by atoms with Crippen molar-refractivity contribution in [3.63, 3.8) is 0 Å². The van der Waals surface area contributed by atoms with E-state index in [1.807, 2.05) is 11.3 Å². The van der Waals surface area contributed by atoms with Gasteiger partial charge in [0.1, 0.15) is 0 Å². The lowest BCUT2D eigenvalue weighted by Crippen LogP contribution is -2.40. The smallest absolute Gasteiger partial charge is 0.185 e. The lowest BCUT2D eigenvalue weighted by Gasteiger charge is -2.34. The summed E-state index contributed by atoms with van der Waals surface area (Å²) in [6.07, 6.45) is 8.66. The van der Waals surface area contributed by atoms with Gasteiger partial charge < -0.3 is 9.47 Å². The van der Waals surface area contributed by atoms with Gasteiger partial charge in [0.15, 0.2) is 4.80 Å². The Hall–Kier alpha value is -0.610. The Morgan fingerprint density at radius 3 is 2.43 bits per heavy atom. The van der Waals surface area contributed by atoms with Gasteiger partial charge in [0, 0.05) is 29.7 Å². The first-order valence-electron chi connectivity index (χ1n) is 9.70. The second-order valence-corrected chi connectivity index (χ2v) is 7.78. The number of rotatable bonds is 9. The topological polar surface area (TPSA) is 20.5 Å². The second-order valence-electron chi connectivity index (χ2n) is 6.72. The molecule has 0 spiro atoms. The van der Waals surface area contributed by atoms with Crippen molar-refractivity contribution in [2.45, 2.75) is 85.2 Å². The molecule has 0 saturated carbocycles. The van der Waals surface area contributed by atoms with Crippen LogP contribution in [0.15, 0.2) is 4.99 Å². The van der Waals surface area contributed by atoms with Crippen LogP contribution in [0.5, 0.6) is 0 Å². The normalized spacial score (nSPS) is 18.7. The molecular weight excluding hydrogens is 302 g/mol. The first kappa shape index (κ1) is 18.7. The zero-order valence-corrected chi connectivity index (χ0v) is 16.4. The third-order valence-corrected chi connectivity index (χ3v) is 5.87. The molecule has 2 rings (SSSR count). The van der Waals surface area contributed by atoms with Crippen LogP contribution in [0.2, 0.25) is 0 Å². The van der Waals surface area contributed by atoms with Crippen molar-refractivity contribution in [2.75, 3.05) is 19.6 Å². The van der Waals surface area contributed by atoms with E-state index < -0.39 is 0 Å². The summed E-state index contributed by atoms with van der Waals surface area (Å²) in [5.41, 5.74) is 1.59. The van der Waals surface area contributed by atoms with Crippen LogP contribution in [0.4, 0.5) is 0 Å². The third kappa shape index (κ3) is 4.69. The molecule has 0 N–H and O–H groups in total. The molecule has 1 aliphatic carbocycles. The van der Waals surface area contributed by atoms with Crippen molar-refractivity contribution in [3.05, 3.63) is 15.4 Å². The summed E-state index contributed by atoms with van der Waals surface area (Å²) in [4.78, 5) is 10.5. The van der Waals surface area contributed by atoms with Gasteiger partial charge in [-0.25, -0.2) is 0 Å². The maximum absolute atomic E-state index is 4.86. The van der Waals surface area contributed by atoms with Crippen LogP contribution >= 0.6 is 11.3 Å². The summed E-state index contributed by atoms with van der Waals surface area (Å²) in [7, 11) is 0. The van der Waals surface area contributed by atoms with Crippen molar-refractivity contribution in [1.82, 2.24) is 9.47 Å². The van der Waals surface area contributed by atoms with E-state index in [1.165, 1.54) is 56.4 Å². The molecule has 0 amide bonds. The lowest BCUT2D eigenvalue weighted by molar-refractivity contribution is 0.179. The summed E-state index contributed by atoms with van der Waals surface area (Å²) < 4.78 is 2.52. The number of nitrogens with zero attached hydrogens (tertiary/aromatic N) is 3. The van der Waals surface area contributed by atoms with E-state index in [1.54, 1.807) is 10.6 Å². The fraction of sp³-hybridized carbons (Fsp3) is 0.842. The highest BCUT2D eigenvalue weighted by Crippen LogP contribution is 2.27. The zero-order chi connectivity index (χ0) is 16.7. The Morgan fingerprint density at radius 1 is 1.09 bits per heavy atom. The molecule has 1 atom stereocenters. The maximum Gasteiger partial charge on any atom is 0.185 e. The molecule has 4 heteroatoms. The molecule has 0 saturated heterocycles. The monoisotopic (exact) mass is 337 g/mol. The summed E-state index contributed by atoms with van der Waals surface area (Å²) in [6.45, 7) is 13.7. The number of aromatic nitrogens is 1. The van der Waals surface area contributed by atoms with Crippen molar-refractivity contribution in [3.8, 4) is 0 Å². The van der Waals surface area contributed by atoms with Gasteiger partial charge in [-0.15, -0.1) is 11.3 Å². The Kier molecular flexibility index (Phi) is 7.84.